The largest absolute Gasteiger partial charge is 0.483 e. The Morgan fingerprint density at radius 3 is 2.50 bits per heavy atom. The standard InChI is InChI=1S/C29H18BrClF3N3O5S2/c30-13-5-10-19(42-12-20(38)35-18-4-2-1-3-17(18)29(32,33)34)16(11-13)21-22-24(43-25-23(21)44-28(41)36-25)27(40)37(26(22)39)15-8-6-14(31)7-9-15/h1-11,21-22,24H,12H2,(H,35,38)(H,36,41). The lowest BCUT2D eigenvalue weighted by Gasteiger charge is -2.31. The van der Waals surface area contributed by atoms with Crippen molar-refractivity contribution < 1.29 is 32.3 Å². The summed E-state index contributed by atoms with van der Waals surface area (Å²) in [6.07, 6.45) is -4.68. The number of imide groups is 1. The molecule has 1 fully saturated rings. The van der Waals surface area contributed by atoms with E-state index in [2.05, 4.69) is 26.2 Å². The summed E-state index contributed by atoms with van der Waals surface area (Å²) in [5.41, 5.74) is -0.672. The van der Waals surface area contributed by atoms with Gasteiger partial charge in [0.05, 0.1) is 27.9 Å². The third-order valence-electron chi connectivity index (χ3n) is 7.08. The van der Waals surface area contributed by atoms with E-state index in [1.54, 1.807) is 42.5 Å². The summed E-state index contributed by atoms with van der Waals surface area (Å²) in [6, 6.07) is 15.7. The highest BCUT2D eigenvalue weighted by Crippen LogP contribution is 2.54. The Labute approximate surface area is 268 Å². The number of rotatable bonds is 6. The molecule has 3 heterocycles. The number of benzene rings is 3. The maximum atomic E-state index is 14.0. The van der Waals surface area contributed by atoms with Crippen molar-refractivity contribution in [1.82, 2.24) is 4.98 Å². The van der Waals surface area contributed by atoms with Crippen LogP contribution in [0.2, 0.25) is 5.02 Å². The van der Waals surface area contributed by atoms with Crippen molar-refractivity contribution >= 4 is 79.7 Å². The number of halogens is 5. The maximum absolute atomic E-state index is 14.0. The van der Waals surface area contributed by atoms with Gasteiger partial charge in [0.15, 0.2) is 6.61 Å². The number of thiazole rings is 1. The number of nitrogens with zero attached hydrogens (tertiary/aromatic N) is 1. The number of alkyl halides is 3. The summed E-state index contributed by atoms with van der Waals surface area (Å²) >= 11 is 11.4. The van der Waals surface area contributed by atoms with E-state index in [0.717, 1.165) is 40.1 Å². The quantitative estimate of drug-likeness (QED) is 0.215. The molecule has 0 saturated carbocycles. The van der Waals surface area contributed by atoms with Gasteiger partial charge >= 0.3 is 11.0 Å². The van der Waals surface area contributed by atoms with Gasteiger partial charge in [0.25, 0.3) is 5.91 Å². The molecule has 2 aliphatic heterocycles. The Morgan fingerprint density at radius 2 is 1.77 bits per heavy atom. The average Bonchev–Trinajstić information content (AvgIpc) is 3.46. The Balaban J connectivity index is 1.34. The predicted octanol–water partition coefficient (Wildman–Crippen LogP) is 6.68. The van der Waals surface area contributed by atoms with Gasteiger partial charge in [0.1, 0.15) is 11.0 Å². The second-order valence-electron chi connectivity index (χ2n) is 9.80. The summed E-state index contributed by atoms with van der Waals surface area (Å²) in [5, 5.41) is 2.23. The van der Waals surface area contributed by atoms with Crippen molar-refractivity contribution in [3.63, 3.8) is 0 Å². The van der Waals surface area contributed by atoms with Crippen molar-refractivity contribution in [3.8, 4) is 5.75 Å². The molecular formula is C29H18BrClF3N3O5S2. The number of hydrogen-bond donors (Lipinski definition) is 2. The summed E-state index contributed by atoms with van der Waals surface area (Å²) in [5.74, 6) is -3.41. The average molecular weight is 725 g/mol. The molecule has 1 aromatic heterocycles. The maximum Gasteiger partial charge on any atom is 0.418 e. The molecule has 4 aromatic rings. The lowest BCUT2D eigenvalue weighted by atomic mass is 9.82. The summed E-state index contributed by atoms with van der Waals surface area (Å²) < 4.78 is 46.7. The molecule has 2 aliphatic rings. The monoisotopic (exact) mass is 723 g/mol. The first kappa shape index (κ1) is 30.4. The number of nitrogens with one attached hydrogen (secondary N) is 2. The smallest absolute Gasteiger partial charge is 0.418 e. The fraction of sp³-hybridized carbons (Fsp3) is 0.172. The van der Waals surface area contributed by atoms with Crippen LogP contribution in [0.3, 0.4) is 0 Å². The molecule has 3 unspecified atom stereocenters. The molecule has 8 nitrogen and oxygen atoms in total. The van der Waals surface area contributed by atoms with E-state index < -0.39 is 58.8 Å². The lowest BCUT2D eigenvalue weighted by Crippen LogP contribution is -2.32. The number of H-pyrrole nitrogens is 1. The van der Waals surface area contributed by atoms with Gasteiger partial charge in [-0.05, 0) is 54.6 Å². The van der Waals surface area contributed by atoms with Crippen LogP contribution in [0.25, 0.3) is 0 Å². The van der Waals surface area contributed by atoms with Crippen LogP contribution in [0.15, 0.2) is 81.0 Å². The Hall–Kier alpha value is -3.59. The van der Waals surface area contributed by atoms with Crippen LogP contribution in [0.5, 0.6) is 5.75 Å². The molecule has 0 spiro atoms. The minimum absolute atomic E-state index is 0.153. The third-order valence-corrected chi connectivity index (χ3v) is 10.2. The van der Waals surface area contributed by atoms with E-state index in [0.29, 0.717) is 30.6 Å². The zero-order chi connectivity index (χ0) is 31.3. The molecule has 226 valence electrons. The molecule has 0 radical (unpaired) electrons. The van der Waals surface area contributed by atoms with Crippen LogP contribution >= 0.6 is 50.6 Å². The second-order valence-corrected chi connectivity index (χ2v) is 13.3. The Bertz CT molecular complexity index is 1860. The van der Waals surface area contributed by atoms with Crippen molar-refractivity contribution in [2.45, 2.75) is 22.4 Å². The summed E-state index contributed by atoms with van der Waals surface area (Å²) in [4.78, 5) is 56.8. The minimum atomic E-state index is -4.68. The van der Waals surface area contributed by atoms with Gasteiger partial charge in [-0.3, -0.25) is 19.2 Å². The first-order valence-electron chi connectivity index (χ1n) is 12.8. The molecule has 0 aliphatic carbocycles. The molecule has 1 saturated heterocycles. The van der Waals surface area contributed by atoms with Gasteiger partial charge in [-0.25, -0.2) is 4.90 Å². The van der Waals surface area contributed by atoms with Crippen LogP contribution in [-0.2, 0) is 20.6 Å². The van der Waals surface area contributed by atoms with Crippen LogP contribution in [0, 0.1) is 5.92 Å². The van der Waals surface area contributed by atoms with E-state index in [1.165, 1.54) is 12.1 Å². The van der Waals surface area contributed by atoms with E-state index in [-0.39, 0.29) is 10.6 Å². The van der Waals surface area contributed by atoms with Crippen molar-refractivity contribution in [1.29, 1.82) is 0 Å². The van der Waals surface area contributed by atoms with Gasteiger partial charge in [-0.1, -0.05) is 62.8 Å². The lowest BCUT2D eigenvalue weighted by molar-refractivity contribution is -0.137. The second kappa shape index (κ2) is 11.7. The number of amides is 3. The normalized spacial score (nSPS) is 19.5. The molecule has 3 atom stereocenters. The molecular weight excluding hydrogens is 707 g/mol. The van der Waals surface area contributed by atoms with Crippen LogP contribution in [0.1, 0.15) is 21.9 Å². The van der Waals surface area contributed by atoms with Crippen LogP contribution < -0.4 is 19.8 Å². The van der Waals surface area contributed by atoms with Crippen molar-refractivity contribution in [3.05, 3.63) is 102 Å². The number of aromatic amines is 1. The number of aromatic nitrogens is 1. The molecule has 44 heavy (non-hydrogen) atoms. The number of carbonyl (C=O) groups is 3. The zero-order valence-electron chi connectivity index (χ0n) is 22.0. The van der Waals surface area contributed by atoms with Crippen LogP contribution in [-0.4, -0.2) is 34.6 Å². The number of hydrogen-bond acceptors (Lipinski definition) is 7. The summed E-state index contributed by atoms with van der Waals surface area (Å²) in [7, 11) is 0. The molecule has 3 amide bonds. The van der Waals surface area contributed by atoms with E-state index >= 15 is 0 Å². The highest BCUT2D eigenvalue weighted by atomic mass is 79.9. The number of anilines is 2. The van der Waals surface area contributed by atoms with Gasteiger partial charge in [-0.15, -0.1) is 0 Å². The number of para-hydroxylation sites is 1. The van der Waals surface area contributed by atoms with Gasteiger partial charge in [0.2, 0.25) is 11.8 Å². The van der Waals surface area contributed by atoms with E-state index in [9.17, 15) is 32.3 Å². The SMILES string of the molecule is O=C(COc1ccc(Br)cc1C1c2sc(=O)[nH]c2SC2C(=O)N(c3ccc(Cl)cc3)C(=O)C21)Nc1ccccc1C(F)(F)F. The molecule has 15 heteroatoms. The molecule has 3 aromatic carbocycles. The fourth-order valence-corrected chi connectivity index (χ4v) is 8.27. The Kier molecular flexibility index (Phi) is 8.11. The molecule has 2 N–H and O–H groups in total. The molecule has 6 rings (SSSR count). The number of ether oxygens (including phenoxy) is 1. The zero-order valence-corrected chi connectivity index (χ0v) is 26.0. The van der Waals surface area contributed by atoms with Crippen molar-refractivity contribution in [2.75, 3.05) is 16.8 Å². The summed E-state index contributed by atoms with van der Waals surface area (Å²) in [6.45, 7) is -0.656. The minimum Gasteiger partial charge on any atom is -0.483 e. The molecule has 0 bridgehead atoms. The van der Waals surface area contributed by atoms with Crippen LogP contribution in [0.4, 0.5) is 24.5 Å². The van der Waals surface area contributed by atoms with Gasteiger partial charge in [-0.2, -0.15) is 13.2 Å². The van der Waals surface area contributed by atoms with Gasteiger partial charge < -0.3 is 15.0 Å². The highest BCUT2D eigenvalue weighted by Gasteiger charge is 2.57. The topological polar surface area (TPSA) is 109 Å². The number of thioether (sulfide) groups is 1. The number of fused-ring (bicyclic) bond motifs is 2. The highest BCUT2D eigenvalue weighted by molar-refractivity contribution is 9.10. The predicted molar refractivity (Wildman–Crippen MR) is 164 cm³/mol. The van der Waals surface area contributed by atoms with E-state index in [4.69, 9.17) is 16.3 Å². The van der Waals surface area contributed by atoms with Crippen molar-refractivity contribution in [2.24, 2.45) is 5.92 Å². The first-order chi connectivity index (χ1) is 20.9. The number of carbonyl (C=O) groups excluding carboxylic acids is 3. The fourth-order valence-electron chi connectivity index (χ4n) is 5.26. The first-order valence-corrected chi connectivity index (χ1v) is 15.7. The van der Waals surface area contributed by atoms with Gasteiger partial charge in [0, 0.05) is 25.9 Å². The van der Waals surface area contributed by atoms with E-state index in [1.807, 2.05) is 0 Å². The Morgan fingerprint density at radius 1 is 1.05 bits per heavy atom. The third kappa shape index (κ3) is 5.67.